The van der Waals surface area contributed by atoms with Gasteiger partial charge in [-0.25, -0.2) is 0 Å². The fourth-order valence-corrected chi connectivity index (χ4v) is 3.37. The zero-order valence-corrected chi connectivity index (χ0v) is 12.8. The van der Waals surface area contributed by atoms with E-state index in [1.54, 1.807) is 0 Å². The lowest BCUT2D eigenvalue weighted by Crippen LogP contribution is -2.45. The zero-order chi connectivity index (χ0) is 13.3. The summed E-state index contributed by atoms with van der Waals surface area (Å²) in [6.07, 6.45) is 3.12. The average molecular weight is 326 g/mol. The number of anilines is 1. The third kappa shape index (κ3) is 2.81. The standard InChI is InChI=1S/C15H20BrNO2/c1-11-3-2-4-13(14(11)16)17-12-5-7-19-15(9-12)6-8-18-10-15/h2-4,12,17H,5-10H2,1H3. The maximum Gasteiger partial charge on any atom is 0.0956 e. The summed E-state index contributed by atoms with van der Waals surface area (Å²) in [6, 6.07) is 6.81. The summed E-state index contributed by atoms with van der Waals surface area (Å²) in [6.45, 7) is 4.52. The van der Waals surface area contributed by atoms with Gasteiger partial charge < -0.3 is 14.8 Å². The highest BCUT2D eigenvalue weighted by Gasteiger charge is 2.41. The molecule has 0 aromatic heterocycles. The van der Waals surface area contributed by atoms with Crippen LogP contribution < -0.4 is 5.32 Å². The first-order valence-electron chi connectivity index (χ1n) is 6.92. The number of benzene rings is 1. The first kappa shape index (κ1) is 13.4. The normalized spacial score (nSPS) is 30.7. The molecule has 3 rings (SSSR count). The Morgan fingerprint density at radius 2 is 2.26 bits per heavy atom. The first-order valence-corrected chi connectivity index (χ1v) is 7.71. The smallest absolute Gasteiger partial charge is 0.0956 e. The second-order valence-electron chi connectivity index (χ2n) is 5.60. The quantitative estimate of drug-likeness (QED) is 0.902. The predicted molar refractivity (Wildman–Crippen MR) is 79.6 cm³/mol. The van der Waals surface area contributed by atoms with Gasteiger partial charge in [0.15, 0.2) is 0 Å². The van der Waals surface area contributed by atoms with Crippen molar-refractivity contribution in [3.8, 4) is 0 Å². The van der Waals surface area contributed by atoms with E-state index < -0.39 is 0 Å². The van der Waals surface area contributed by atoms with Gasteiger partial charge in [0.25, 0.3) is 0 Å². The molecule has 2 aliphatic rings. The SMILES string of the molecule is Cc1cccc(NC2CCOC3(CCOC3)C2)c1Br. The Bertz CT molecular complexity index is 457. The topological polar surface area (TPSA) is 30.5 Å². The summed E-state index contributed by atoms with van der Waals surface area (Å²) in [7, 11) is 0. The van der Waals surface area contributed by atoms with Crippen LogP contribution in [0.15, 0.2) is 22.7 Å². The molecule has 0 saturated carbocycles. The summed E-state index contributed by atoms with van der Waals surface area (Å²) in [5.41, 5.74) is 2.41. The first-order chi connectivity index (χ1) is 9.19. The molecule has 0 radical (unpaired) electrons. The molecule has 4 heteroatoms. The number of halogens is 1. The largest absolute Gasteiger partial charge is 0.381 e. The molecule has 2 heterocycles. The van der Waals surface area contributed by atoms with Crippen LogP contribution in [0.5, 0.6) is 0 Å². The van der Waals surface area contributed by atoms with E-state index in [1.807, 2.05) is 0 Å². The van der Waals surface area contributed by atoms with Crippen LogP contribution in [-0.2, 0) is 9.47 Å². The molecule has 2 fully saturated rings. The van der Waals surface area contributed by atoms with Crippen LogP contribution in [0.1, 0.15) is 24.8 Å². The Balaban J connectivity index is 1.71. The minimum absolute atomic E-state index is 0.0355. The van der Waals surface area contributed by atoms with Gasteiger partial charge in [0, 0.05) is 35.8 Å². The van der Waals surface area contributed by atoms with Gasteiger partial charge >= 0.3 is 0 Å². The van der Waals surface area contributed by atoms with E-state index in [-0.39, 0.29) is 5.60 Å². The molecule has 19 heavy (non-hydrogen) atoms. The Hall–Kier alpha value is -0.580. The van der Waals surface area contributed by atoms with Crippen LogP contribution >= 0.6 is 15.9 Å². The van der Waals surface area contributed by atoms with Gasteiger partial charge in [0.05, 0.1) is 12.2 Å². The number of hydrogen-bond donors (Lipinski definition) is 1. The molecular weight excluding hydrogens is 306 g/mol. The van der Waals surface area contributed by atoms with E-state index in [1.165, 1.54) is 15.7 Å². The van der Waals surface area contributed by atoms with Gasteiger partial charge in [-0.15, -0.1) is 0 Å². The molecular formula is C15H20BrNO2. The van der Waals surface area contributed by atoms with E-state index in [0.717, 1.165) is 39.1 Å². The van der Waals surface area contributed by atoms with Gasteiger partial charge in [0.1, 0.15) is 0 Å². The molecule has 1 aromatic carbocycles. The lowest BCUT2D eigenvalue weighted by Gasteiger charge is -2.38. The Morgan fingerprint density at radius 1 is 1.37 bits per heavy atom. The van der Waals surface area contributed by atoms with E-state index in [2.05, 4.69) is 46.4 Å². The van der Waals surface area contributed by atoms with E-state index in [9.17, 15) is 0 Å². The summed E-state index contributed by atoms with van der Waals surface area (Å²) >= 11 is 3.66. The lowest BCUT2D eigenvalue weighted by molar-refractivity contribution is -0.0828. The summed E-state index contributed by atoms with van der Waals surface area (Å²) in [4.78, 5) is 0. The average Bonchev–Trinajstić information content (AvgIpc) is 2.83. The summed E-state index contributed by atoms with van der Waals surface area (Å²) in [5.74, 6) is 0. The molecule has 0 amide bonds. The van der Waals surface area contributed by atoms with Gasteiger partial charge in [-0.1, -0.05) is 12.1 Å². The van der Waals surface area contributed by atoms with Crippen LogP contribution in [-0.4, -0.2) is 31.5 Å². The zero-order valence-electron chi connectivity index (χ0n) is 11.2. The molecule has 104 valence electrons. The predicted octanol–water partition coefficient (Wildman–Crippen LogP) is 3.51. The number of nitrogens with one attached hydrogen (secondary N) is 1. The van der Waals surface area contributed by atoms with E-state index in [0.29, 0.717) is 6.04 Å². The monoisotopic (exact) mass is 325 g/mol. The Morgan fingerprint density at radius 3 is 3.05 bits per heavy atom. The molecule has 2 saturated heterocycles. The molecule has 0 bridgehead atoms. The van der Waals surface area contributed by atoms with Crippen molar-refractivity contribution in [1.82, 2.24) is 0 Å². The van der Waals surface area contributed by atoms with Crippen molar-refractivity contribution < 1.29 is 9.47 Å². The molecule has 2 unspecified atom stereocenters. The molecule has 0 aliphatic carbocycles. The van der Waals surface area contributed by atoms with Crippen molar-refractivity contribution in [1.29, 1.82) is 0 Å². The third-order valence-corrected chi connectivity index (χ3v) is 5.16. The van der Waals surface area contributed by atoms with E-state index in [4.69, 9.17) is 9.47 Å². The lowest BCUT2D eigenvalue weighted by atomic mass is 9.89. The Kier molecular flexibility index (Phi) is 3.83. The van der Waals surface area contributed by atoms with Crippen LogP contribution in [0.2, 0.25) is 0 Å². The molecule has 3 nitrogen and oxygen atoms in total. The number of hydrogen-bond acceptors (Lipinski definition) is 3. The highest BCUT2D eigenvalue weighted by Crippen LogP contribution is 2.35. The fourth-order valence-electron chi connectivity index (χ4n) is 2.99. The van der Waals surface area contributed by atoms with Crippen LogP contribution in [0.25, 0.3) is 0 Å². The number of aryl methyl sites for hydroxylation is 1. The minimum atomic E-state index is -0.0355. The maximum atomic E-state index is 5.97. The van der Waals surface area contributed by atoms with Crippen molar-refractivity contribution in [2.24, 2.45) is 0 Å². The highest BCUT2D eigenvalue weighted by molar-refractivity contribution is 9.10. The second-order valence-corrected chi connectivity index (χ2v) is 6.40. The van der Waals surface area contributed by atoms with Crippen LogP contribution in [0, 0.1) is 6.92 Å². The maximum absolute atomic E-state index is 5.97. The second kappa shape index (κ2) is 5.43. The summed E-state index contributed by atoms with van der Waals surface area (Å²) in [5, 5.41) is 3.66. The number of rotatable bonds is 2. The van der Waals surface area contributed by atoms with Crippen molar-refractivity contribution in [3.05, 3.63) is 28.2 Å². The molecule has 1 aromatic rings. The van der Waals surface area contributed by atoms with Crippen molar-refractivity contribution >= 4 is 21.6 Å². The molecule has 1 spiro atoms. The molecule has 2 atom stereocenters. The molecule has 2 aliphatic heterocycles. The van der Waals surface area contributed by atoms with Gasteiger partial charge in [0.2, 0.25) is 0 Å². The van der Waals surface area contributed by atoms with Crippen LogP contribution in [0.3, 0.4) is 0 Å². The highest BCUT2D eigenvalue weighted by atomic mass is 79.9. The van der Waals surface area contributed by atoms with Crippen molar-refractivity contribution in [2.45, 2.75) is 37.8 Å². The van der Waals surface area contributed by atoms with Crippen molar-refractivity contribution in [3.63, 3.8) is 0 Å². The van der Waals surface area contributed by atoms with Gasteiger partial charge in [-0.3, -0.25) is 0 Å². The number of ether oxygens (including phenoxy) is 2. The van der Waals surface area contributed by atoms with Crippen LogP contribution in [0.4, 0.5) is 5.69 Å². The van der Waals surface area contributed by atoms with Crippen molar-refractivity contribution in [2.75, 3.05) is 25.1 Å². The fraction of sp³-hybridized carbons (Fsp3) is 0.600. The third-order valence-electron chi connectivity index (χ3n) is 4.11. The summed E-state index contributed by atoms with van der Waals surface area (Å²) < 4.78 is 12.7. The van der Waals surface area contributed by atoms with E-state index >= 15 is 0 Å². The minimum Gasteiger partial charge on any atom is -0.381 e. The Labute approximate surface area is 122 Å². The van der Waals surface area contributed by atoms with Gasteiger partial charge in [-0.05, 0) is 47.3 Å². The molecule has 1 N–H and O–H groups in total. The van der Waals surface area contributed by atoms with Gasteiger partial charge in [-0.2, -0.15) is 0 Å².